The molecule has 0 bridgehead atoms. The molecule has 4 rings (SSSR count). The molecule has 3 aromatic carbocycles. The van der Waals surface area contributed by atoms with E-state index in [1.54, 1.807) is 48.5 Å². The summed E-state index contributed by atoms with van der Waals surface area (Å²) in [5.74, 6) is 1.69. The molecule has 1 N–H and O–H groups in total. The number of benzene rings is 3. The number of hydrogen-bond donors (Lipinski definition) is 1. The van der Waals surface area contributed by atoms with Gasteiger partial charge in [0.1, 0.15) is 12.4 Å². The number of methoxy groups -OCH3 is 1. The maximum Gasteiger partial charge on any atom is 0.255 e. The second-order valence-corrected chi connectivity index (χ2v) is 7.53. The van der Waals surface area contributed by atoms with Crippen molar-refractivity contribution in [2.75, 3.05) is 12.4 Å². The maximum absolute atomic E-state index is 12.7. The predicted octanol–water partition coefficient (Wildman–Crippen LogP) is 5.41. The summed E-state index contributed by atoms with van der Waals surface area (Å²) in [4.78, 5) is 12.7. The van der Waals surface area contributed by atoms with Crippen LogP contribution in [0, 0.1) is 0 Å². The van der Waals surface area contributed by atoms with E-state index in [0.29, 0.717) is 40.1 Å². The molecule has 168 valence electrons. The Hall–Kier alpha value is -3.97. The smallest absolute Gasteiger partial charge is 0.255 e. The fourth-order valence-corrected chi connectivity index (χ4v) is 3.28. The Morgan fingerprint density at radius 3 is 2.64 bits per heavy atom. The summed E-state index contributed by atoms with van der Waals surface area (Å²) < 4.78 is 18.4. The minimum Gasteiger partial charge on any atom is -0.493 e. The van der Waals surface area contributed by atoms with E-state index in [1.807, 2.05) is 48.5 Å². The Kier molecular flexibility index (Phi) is 7.12. The number of rotatable bonds is 9. The summed E-state index contributed by atoms with van der Waals surface area (Å²) in [6.45, 7) is 0.492. The second kappa shape index (κ2) is 10.6. The zero-order valence-corrected chi connectivity index (χ0v) is 18.7. The van der Waals surface area contributed by atoms with Crippen LogP contribution < -0.4 is 19.5 Å². The molecule has 0 aliphatic rings. The highest BCUT2D eigenvalue weighted by molar-refractivity contribution is 6.30. The van der Waals surface area contributed by atoms with Crippen molar-refractivity contribution in [2.45, 2.75) is 13.3 Å². The molecule has 0 saturated heterocycles. The highest BCUT2D eigenvalue weighted by Crippen LogP contribution is 2.26. The molecule has 0 fully saturated rings. The van der Waals surface area contributed by atoms with Crippen LogP contribution in [0.15, 0.2) is 85.2 Å². The van der Waals surface area contributed by atoms with Crippen molar-refractivity contribution >= 4 is 23.2 Å². The summed E-state index contributed by atoms with van der Waals surface area (Å²) in [6.07, 6.45) is 3.25. The second-order valence-electron chi connectivity index (χ2n) is 7.09. The Morgan fingerprint density at radius 1 is 1.00 bits per heavy atom. The number of amides is 1. The van der Waals surface area contributed by atoms with E-state index >= 15 is 0 Å². The van der Waals surface area contributed by atoms with Crippen molar-refractivity contribution in [2.24, 2.45) is 0 Å². The van der Waals surface area contributed by atoms with Crippen molar-refractivity contribution < 1.29 is 19.0 Å². The highest BCUT2D eigenvalue weighted by atomic mass is 35.5. The Morgan fingerprint density at radius 2 is 1.82 bits per heavy atom. The first-order valence-corrected chi connectivity index (χ1v) is 10.6. The standard InChI is InChI=1S/C25H22ClN3O4/c1-31-23-10-2-3-11-24(23)32-16-18-6-4-7-19(12-18)25(30)28-21-14-27-29(15-21)17-33-22-9-5-8-20(26)13-22/h2-15H,16-17H2,1H3,(H,28,30). The van der Waals surface area contributed by atoms with E-state index < -0.39 is 0 Å². The number of ether oxygens (including phenoxy) is 3. The Balaban J connectivity index is 1.34. The SMILES string of the molecule is COc1ccccc1OCc1cccc(C(=O)Nc2cnn(COc3cccc(Cl)c3)c2)c1. The fraction of sp³-hybridized carbons (Fsp3) is 0.120. The third-order valence-electron chi connectivity index (χ3n) is 4.70. The molecule has 0 radical (unpaired) electrons. The lowest BCUT2D eigenvalue weighted by atomic mass is 10.1. The van der Waals surface area contributed by atoms with Gasteiger partial charge >= 0.3 is 0 Å². The molecule has 0 spiro atoms. The molecule has 0 aliphatic carbocycles. The van der Waals surface area contributed by atoms with E-state index in [4.69, 9.17) is 25.8 Å². The summed E-state index contributed by atoms with van der Waals surface area (Å²) in [5.41, 5.74) is 1.93. The van der Waals surface area contributed by atoms with Crippen LogP contribution in [0.5, 0.6) is 17.2 Å². The lowest BCUT2D eigenvalue weighted by Gasteiger charge is -2.11. The minimum absolute atomic E-state index is 0.186. The summed E-state index contributed by atoms with van der Waals surface area (Å²) in [5, 5.41) is 7.65. The van der Waals surface area contributed by atoms with Crippen LogP contribution in [0.2, 0.25) is 5.02 Å². The summed E-state index contributed by atoms with van der Waals surface area (Å²) in [7, 11) is 1.60. The molecule has 7 nitrogen and oxygen atoms in total. The number of halogens is 1. The fourth-order valence-electron chi connectivity index (χ4n) is 3.10. The van der Waals surface area contributed by atoms with Gasteiger partial charge in [-0.1, -0.05) is 41.9 Å². The molecule has 0 unspecified atom stereocenters. The number of anilines is 1. The van der Waals surface area contributed by atoms with Crippen LogP contribution in [-0.4, -0.2) is 22.8 Å². The molecular formula is C25H22ClN3O4. The van der Waals surface area contributed by atoms with E-state index in [9.17, 15) is 4.79 Å². The van der Waals surface area contributed by atoms with Crippen molar-refractivity contribution in [1.29, 1.82) is 0 Å². The average Bonchev–Trinajstić information content (AvgIpc) is 3.29. The molecule has 1 amide bonds. The number of carbonyl (C=O) groups excluding carboxylic acids is 1. The molecule has 1 heterocycles. The van der Waals surface area contributed by atoms with E-state index in [0.717, 1.165) is 5.56 Å². The molecule has 0 aliphatic heterocycles. The number of para-hydroxylation sites is 2. The first-order chi connectivity index (χ1) is 16.1. The van der Waals surface area contributed by atoms with Gasteiger partial charge in [0, 0.05) is 10.6 Å². The number of hydrogen-bond acceptors (Lipinski definition) is 5. The monoisotopic (exact) mass is 463 g/mol. The van der Waals surface area contributed by atoms with Gasteiger partial charge in [-0.2, -0.15) is 5.10 Å². The first-order valence-electron chi connectivity index (χ1n) is 10.2. The van der Waals surface area contributed by atoms with Crippen molar-refractivity contribution in [3.05, 3.63) is 101 Å². The number of aromatic nitrogens is 2. The average molecular weight is 464 g/mol. The van der Waals surface area contributed by atoms with Gasteiger partial charge in [-0.05, 0) is 48.0 Å². The maximum atomic E-state index is 12.7. The number of nitrogens with one attached hydrogen (secondary N) is 1. The Labute approximate surface area is 196 Å². The third kappa shape index (κ3) is 6.05. The molecule has 0 atom stereocenters. The van der Waals surface area contributed by atoms with Crippen molar-refractivity contribution in [3.63, 3.8) is 0 Å². The van der Waals surface area contributed by atoms with Gasteiger partial charge in [0.2, 0.25) is 0 Å². The first kappa shape index (κ1) is 22.2. The lowest BCUT2D eigenvalue weighted by Crippen LogP contribution is -2.12. The molecular weight excluding hydrogens is 442 g/mol. The van der Waals surface area contributed by atoms with Gasteiger partial charge in [-0.25, -0.2) is 4.68 Å². The third-order valence-corrected chi connectivity index (χ3v) is 4.94. The van der Waals surface area contributed by atoms with Crippen LogP contribution in [0.4, 0.5) is 5.69 Å². The molecule has 8 heteroatoms. The summed E-state index contributed by atoms with van der Waals surface area (Å²) in [6, 6.07) is 21.8. The van der Waals surface area contributed by atoms with E-state index in [1.165, 1.54) is 0 Å². The van der Waals surface area contributed by atoms with Crippen LogP contribution >= 0.6 is 11.6 Å². The van der Waals surface area contributed by atoms with Gasteiger partial charge in [0.25, 0.3) is 5.91 Å². The van der Waals surface area contributed by atoms with Gasteiger partial charge in [-0.15, -0.1) is 0 Å². The van der Waals surface area contributed by atoms with Crippen LogP contribution in [0.3, 0.4) is 0 Å². The highest BCUT2D eigenvalue weighted by Gasteiger charge is 2.10. The van der Waals surface area contributed by atoms with Gasteiger partial charge in [-0.3, -0.25) is 4.79 Å². The van der Waals surface area contributed by atoms with E-state index in [-0.39, 0.29) is 12.6 Å². The molecule has 0 saturated carbocycles. The molecule has 33 heavy (non-hydrogen) atoms. The van der Waals surface area contributed by atoms with Crippen molar-refractivity contribution in [1.82, 2.24) is 9.78 Å². The van der Waals surface area contributed by atoms with Gasteiger partial charge < -0.3 is 19.5 Å². The van der Waals surface area contributed by atoms with Crippen LogP contribution in [0.25, 0.3) is 0 Å². The zero-order valence-electron chi connectivity index (χ0n) is 17.9. The van der Waals surface area contributed by atoms with Gasteiger partial charge in [0.15, 0.2) is 18.2 Å². The van der Waals surface area contributed by atoms with Crippen LogP contribution in [0.1, 0.15) is 15.9 Å². The molecule has 4 aromatic rings. The largest absolute Gasteiger partial charge is 0.493 e. The van der Waals surface area contributed by atoms with Crippen molar-refractivity contribution in [3.8, 4) is 17.2 Å². The Bertz CT molecular complexity index is 1240. The topological polar surface area (TPSA) is 74.6 Å². The van der Waals surface area contributed by atoms with E-state index in [2.05, 4.69) is 10.4 Å². The minimum atomic E-state index is -0.246. The predicted molar refractivity (Wildman–Crippen MR) is 126 cm³/mol. The molecule has 1 aromatic heterocycles. The quantitative estimate of drug-likeness (QED) is 0.359. The summed E-state index contributed by atoms with van der Waals surface area (Å²) >= 11 is 5.96. The van der Waals surface area contributed by atoms with Crippen LogP contribution in [-0.2, 0) is 13.3 Å². The number of carbonyl (C=O) groups is 1. The number of nitrogens with zero attached hydrogens (tertiary/aromatic N) is 2. The zero-order chi connectivity index (χ0) is 23.0. The van der Waals surface area contributed by atoms with Gasteiger partial charge in [0.05, 0.1) is 25.2 Å². The lowest BCUT2D eigenvalue weighted by molar-refractivity contribution is 0.102. The normalized spacial score (nSPS) is 10.5.